The number of halogens is 2. The Balaban J connectivity index is 2.19. The molecule has 92 valence electrons. The zero-order valence-electron chi connectivity index (χ0n) is 9.96. The van der Waals surface area contributed by atoms with Crippen molar-refractivity contribution in [2.75, 3.05) is 5.33 Å². The van der Waals surface area contributed by atoms with Gasteiger partial charge in [-0.15, -0.1) is 0 Å². The zero-order valence-corrected chi connectivity index (χ0v) is 11.5. The lowest BCUT2D eigenvalue weighted by atomic mass is 9.84. The molecule has 2 rings (SSSR count). The summed E-state index contributed by atoms with van der Waals surface area (Å²) in [5.41, 5.74) is 2.06. The third-order valence-electron chi connectivity index (χ3n) is 3.53. The minimum Gasteiger partial charge on any atom is -0.206 e. The first-order valence-electron chi connectivity index (χ1n) is 6.32. The molecule has 0 nitrogen and oxygen atoms in total. The maximum absolute atomic E-state index is 13.6. The van der Waals surface area contributed by atoms with Gasteiger partial charge in [0.1, 0.15) is 5.82 Å². The summed E-state index contributed by atoms with van der Waals surface area (Å²) in [6, 6.07) is 7.00. The summed E-state index contributed by atoms with van der Waals surface area (Å²) in [6.45, 7) is 0. The van der Waals surface area contributed by atoms with Crippen molar-refractivity contribution in [3.05, 3.63) is 41.2 Å². The van der Waals surface area contributed by atoms with E-state index in [4.69, 9.17) is 0 Å². The van der Waals surface area contributed by atoms with Crippen LogP contribution in [0.3, 0.4) is 0 Å². The quantitative estimate of drug-likeness (QED) is 0.674. The SMILES string of the molecule is Fc1ccccc1C=C(CBr)C1CCCCC1. The van der Waals surface area contributed by atoms with Crippen molar-refractivity contribution in [1.29, 1.82) is 0 Å². The van der Waals surface area contributed by atoms with Gasteiger partial charge in [0.25, 0.3) is 0 Å². The minimum absolute atomic E-state index is 0.123. The predicted octanol–water partition coefficient (Wildman–Crippen LogP) is 5.18. The molecule has 17 heavy (non-hydrogen) atoms. The van der Waals surface area contributed by atoms with Crippen LogP contribution in [0.4, 0.5) is 4.39 Å². The summed E-state index contributed by atoms with van der Waals surface area (Å²) in [4.78, 5) is 0. The maximum Gasteiger partial charge on any atom is 0.130 e. The van der Waals surface area contributed by atoms with E-state index in [1.165, 1.54) is 43.7 Å². The largest absolute Gasteiger partial charge is 0.206 e. The molecule has 0 amide bonds. The van der Waals surface area contributed by atoms with E-state index < -0.39 is 0 Å². The molecule has 1 aliphatic rings. The lowest BCUT2D eigenvalue weighted by molar-refractivity contribution is 0.405. The Hall–Kier alpha value is -0.630. The van der Waals surface area contributed by atoms with E-state index in [-0.39, 0.29) is 5.82 Å². The molecule has 0 saturated heterocycles. The highest BCUT2D eigenvalue weighted by molar-refractivity contribution is 9.09. The van der Waals surface area contributed by atoms with E-state index in [1.54, 1.807) is 6.07 Å². The Morgan fingerprint density at radius 1 is 1.24 bits per heavy atom. The fourth-order valence-electron chi connectivity index (χ4n) is 2.53. The Morgan fingerprint density at radius 2 is 1.94 bits per heavy atom. The van der Waals surface area contributed by atoms with Gasteiger partial charge < -0.3 is 0 Å². The Morgan fingerprint density at radius 3 is 2.59 bits per heavy atom. The molecule has 1 aromatic rings. The van der Waals surface area contributed by atoms with E-state index >= 15 is 0 Å². The molecule has 0 radical (unpaired) electrons. The molecule has 1 fully saturated rings. The van der Waals surface area contributed by atoms with Gasteiger partial charge in [0.05, 0.1) is 0 Å². The van der Waals surface area contributed by atoms with Crippen molar-refractivity contribution in [2.24, 2.45) is 5.92 Å². The highest BCUT2D eigenvalue weighted by Crippen LogP contribution is 2.32. The standard InChI is InChI=1S/C15H18BrF/c16-11-14(12-6-2-1-3-7-12)10-13-8-4-5-9-15(13)17/h4-5,8-10,12H,1-3,6-7,11H2. The zero-order chi connectivity index (χ0) is 12.1. The van der Waals surface area contributed by atoms with E-state index in [9.17, 15) is 4.39 Å². The van der Waals surface area contributed by atoms with E-state index in [0.717, 1.165) is 5.33 Å². The van der Waals surface area contributed by atoms with E-state index in [2.05, 4.69) is 15.9 Å². The van der Waals surface area contributed by atoms with Crippen LogP contribution in [0.1, 0.15) is 37.7 Å². The van der Waals surface area contributed by atoms with Crippen molar-refractivity contribution in [1.82, 2.24) is 0 Å². The summed E-state index contributed by atoms with van der Waals surface area (Å²) in [6.07, 6.45) is 8.52. The number of rotatable bonds is 3. The van der Waals surface area contributed by atoms with Gasteiger partial charge in [0, 0.05) is 10.9 Å². The molecule has 0 aromatic heterocycles. The first-order chi connectivity index (χ1) is 8.31. The van der Waals surface area contributed by atoms with Gasteiger partial charge in [0.2, 0.25) is 0 Å². The van der Waals surface area contributed by atoms with Gasteiger partial charge >= 0.3 is 0 Å². The summed E-state index contributed by atoms with van der Waals surface area (Å²) >= 11 is 3.54. The van der Waals surface area contributed by atoms with E-state index in [1.807, 2.05) is 18.2 Å². The van der Waals surface area contributed by atoms with E-state index in [0.29, 0.717) is 11.5 Å². The fraction of sp³-hybridized carbons (Fsp3) is 0.467. The first kappa shape index (κ1) is 12.8. The van der Waals surface area contributed by atoms with Crippen LogP contribution in [0.15, 0.2) is 29.8 Å². The third kappa shape index (κ3) is 3.41. The van der Waals surface area contributed by atoms with Crippen LogP contribution in [0.2, 0.25) is 0 Å². The summed E-state index contributed by atoms with van der Waals surface area (Å²) in [7, 11) is 0. The number of hydrogen-bond acceptors (Lipinski definition) is 0. The Kier molecular flexibility index (Phi) is 4.78. The van der Waals surface area contributed by atoms with Gasteiger partial charge in [-0.3, -0.25) is 0 Å². The van der Waals surface area contributed by atoms with Gasteiger partial charge in [-0.2, -0.15) is 0 Å². The molecule has 2 heteroatoms. The second-order valence-corrected chi connectivity index (χ2v) is 5.27. The van der Waals surface area contributed by atoms with Crippen LogP contribution in [0.25, 0.3) is 6.08 Å². The van der Waals surface area contributed by atoms with Crippen molar-refractivity contribution in [2.45, 2.75) is 32.1 Å². The molecule has 0 spiro atoms. The molecule has 1 aliphatic carbocycles. The molecule has 0 N–H and O–H groups in total. The van der Waals surface area contributed by atoms with Crippen LogP contribution in [0.5, 0.6) is 0 Å². The number of alkyl halides is 1. The summed E-state index contributed by atoms with van der Waals surface area (Å²) in [5.74, 6) is 0.518. The molecule has 0 heterocycles. The molecule has 1 aromatic carbocycles. The summed E-state index contributed by atoms with van der Waals surface area (Å²) in [5, 5.41) is 0.853. The van der Waals surface area contributed by atoms with Crippen LogP contribution in [-0.2, 0) is 0 Å². The van der Waals surface area contributed by atoms with Gasteiger partial charge in [0.15, 0.2) is 0 Å². The smallest absolute Gasteiger partial charge is 0.130 e. The fourth-order valence-corrected chi connectivity index (χ4v) is 3.15. The number of benzene rings is 1. The first-order valence-corrected chi connectivity index (χ1v) is 7.44. The average molecular weight is 297 g/mol. The molecule has 0 atom stereocenters. The second-order valence-electron chi connectivity index (χ2n) is 4.71. The number of allylic oxidation sites excluding steroid dienone is 1. The number of hydrogen-bond donors (Lipinski definition) is 0. The molecule has 0 aliphatic heterocycles. The van der Waals surface area contributed by atoms with Gasteiger partial charge in [-0.1, -0.05) is 65.0 Å². The molecular formula is C15H18BrF. The van der Waals surface area contributed by atoms with Crippen molar-refractivity contribution >= 4 is 22.0 Å². The van der Waals surface area contributed by atoms with Crippen LogP contribution >= 0.6 is 15.9 Å². The maximum atomic E-state index is 13.6. The molecule has 1 saturated carbocycles. The topological polar surface area (TPSA) is 0 Å². The Bertz CT molecular complexity index is 392. The third-order valence-corrected chi connectivity index (χ3v) is 4.18. The molecule has 0 unspecified atom stereocenters. The summed E-state index contributed by atoms with van der Waals surface area (Å²) < 4.78 is 13.6. The minimum atomic E-state index is -0.123. The normalized spacial score (nSPS) is 18.4. The van der Waals surface area contributed by atoms with Crippen LogP contribution in [0, 0.1) is 11.7 Å². The highest BCUT2D eigenvalue weighted by atomic mass is 79.9. The van der Waals surface area contributed by atoms with Crippen molar-refractivity contribution < 1.29 is 4.39 Å². The molecular weight excluding hydrogens is 279 g/mol. The van der Waals surface area contributed by atoms with Crippen molar-refractivity contribution in [3.8, 4) is 0 Å². The Labute approximate surface area is 111 Å². The lowest BCUT2D eigenvalue weighted by Gasteiger charge is -2.23. The average Bonchev–Trinajstić information content (AvgIpc) is 2.39. The van der Waals surface area contributed by atoms with Crippen LogP contribution < -0.4 is 0 Å². The molecule has 0 bridgehead atoms. The second kappa shape index (κ2) is 6.34. The van der Waals surface area contributed by atoms with Gasteiger partial charge in [-0.05, 0) is 24.8 Å². The van der Waals surface area contributed by atoms with Gasteiger partial charge in [-0.25, -0.2) is 4.39 Å². The van der Waals surface area contributed by atoms with Crippen LogP contribution in [-0.4, -0.2) is 5.33 Å². The highest BCUT2D eigenvalue weighted by Gasteiger charge is 2.17. The monoisotopic (exact) mass is 296 g/mol. The lowest BCUT2D eigenvalue weighted by Crippen LogP contribution is -2.10. The predicted molar refractivity (Wildman–Crippen MR) is 74.7 cm³/mol. The van der Waals surface area contributed by atoms with Crippen molar-refractivity contribution in [3.63, 3.8) is 0 Å².